The molecule has 0 N–H and O–H groups in total. The molecule has 0 aromatic heterocycles. The third-order valence-electron chi connectivity index (χ3n) is 3.62. The van der Waals surface area contributed by atoms with E-state index >= 15 is 0 Å². The molecule has 3 amide bonds. The van der Waals surface area contributed by atoms with Crippen molar-refractivity contribution >= 4 is 17.6 Å². The number of nitrogens with zero attached hydrogens (tertiary/aromatic N) is 2. The number of imide groups is 1. The summed E-state index contributed by atoms with van der Waals surface area (Å²) >= 11 is 0. The van der Waals surface area contributed by atoms with Gasteiger partial charge >= 0.3 is 12.4 Å². The molecule has 2 aromatic carbocycles. The van der Waals surface area contributed by atoms with Crippen molar-refractivity contribution in [2.45, 2.75) is 12.9 Å². The van der Waals surface area contributed by atoms with E-state index in [1.54, 1.807) is 30.3 Å². The van der Waals surface area contributed by atoms with Gasteiger partial charge in [0, 0.05) is 5.69 Å². The number of ether oxygens (including phenoxy) is 1. The van der Waals surface area contributed by atoms with Gasteiger partial charge in [-0.3, -0.25) is 14.6 Å². The van der Waals surface area contributed by atoms with Crippen molar-refractivity contribution in [1.82, 2.24) is 4.90 Å². The summed E-state index contributed by atoms with van der Waals surface area (Å²) in [4.78, 5) is 27.0. The largest absolute Gasteiger partial charge is 0.573 e. The quantitative estimate of drug-likeness (QED) is 0.793. The molecule has 1 heterocycles. The van der Waals surface area contributed by atoms with E-state index in [2.05, 4.69) is 4.74 Å². The second-order valence-electron chi connectivity index (χ2n) is 5.38. The first-order valence-corrected chi connectivity index (χ1v) is 7.35. The average molecular weight is 350 g/mol. The molecule has 0 radical (unpaired) electrons. The van der Waals surface area contributed by atoms with Crippen LogP contribution in [0.2, 0.25) is 0 Å². The summed E-state index contributed by atoms with van der Waals surface area (Å²) in [6.07, 6.45) is -4.77. The SMILES string of the molecule is O=C1CN(c2ccccc2)C(=O)N1Cc1ccc(OC(F)(F)F)cc1. The second-order valence-corrected chi connectivity index (χ2v) is 5.38. The van der Waals surface area contributed by atoms with E-state index in [4.69, 9.17) is 0 Å². The maximum Gasteiger partial charge on any atom is 0.573 e. The Kier molecular flexibility index (Phi) is 4.35. The number of para-hydroxylation sites is 1. The van der Waals surface area contributed by atoms with E-state index in [-0.39, 0.29) is 24.7 Å². The molecule has 25 heavy (non-hydrogen) atoms. The lowest BCUT2D eigenvalue weighted by Crippen LogP contribution is -2.32. The van der Waals surface area contributed by atoms with E-state index in [1.807, 2.05) is 0 Å². The van der Waals surface area contributed by atoms with Crippen LogP contribution in [0.1, 0.15) is 5.56 Å². The van der Waals surface area contributed by atoms with Crippen LogP contribution in [-0.2, 0) is 11.3 Å². The van der Waals surface area contributed by atoms with E-state index in [0.717, 1.165) is 17.0 Å². The molecule has 1 fully saturated rings. The summed E-state index contributed by atoms with van der Waals surface area (Å²) in [5, 5.41) is 0. The smallest absolute Gasteiger partial charge is 0.406 e. The maximum absolute atomic E-state index is 12.4. The number of urea groups is 1. The Morgan fingerprint density at radius 2 is 1.60 bits per heavy atom. The Morgan fingerprint density at radius 3 is 2.20 bits per heavy atom. The Morgan fingerprint density at radius 1 is 0.960 bits per heavy atom. The number of halogens is 3. The van der Waals surface area contributed by atoms with Crippen molar-refractivity contribution in [3.63, 3.8) is 0 Å². The first kappa shape index (κ1) is 16.8. The van der Waals surface area contributed by atoms with Crippen molar-refractivity contribution in [3.05, 3.63) is 60.2 Å². The van der Waals surface area contributed by atoms with Gasteiger partial charge in [-0.15, -0.1) is 13.2 Å². The van der Waals surface area contributed by atoms with Gasteiger partial charge in [-0.2, -0.15) is 0 Å². The van der Waals surface area contributed by atoms with E-state index in [1.165, 1.54) is 17.0 Å². The van der Waals surface area contributed by atoms with Crippen LogP contribution in [0, 0.1) is 0 Å². The zero-order valence-corrected chi connectivity index (χ0v) is 12.9. The number of carbonyl (C=O) groups is 2. The number of anilines is 1. The van der Waals surface area contributed by atoms with Crippen LogP contribution in [0.5, 0.6) is 5.75 Å². The number of benzene rings is 2. The highest BCUT2D eigenvalue weighted by Crippen LogP contribution is 2.25. The third-order valence-corrected chi connectivity index (χ3v) is 3.62. The fourth-order valence-electron chi connectivity index (χ4n) is 2.49. The summed E-state index contributed by atoms with van der Waals surface area (Å²) in [7, 11) is 0. The molecule has 8 heteroatoms. The third kappa shape index (κ3) is 3.90. The minimum absolute atomic E-state index is 0.0205. The van der Waals surface area contributed by atoms with Crippen LogP contribution in [-0.4, -0.2) is 29.7 Å². The lowest BCUT2D eigenvalue weighted by Gasteiger charge is -2.17. The molecule has 130 valence electrons. The number of alkyl halides is 3. The molecule has 1 aliphatic heterocycles. The van der Waals surface area contributed by atoms with E-state index in [0.29, 0.717) is 11.3 Å². The Bertz CT molecular complexity index is 776. The number of carbonyl (C=O) groups excluding carboxylic acids is 2. The van der Waals surface area contributed by atoms with Gasteiger partial charge in [-0.1, -0.05) is 30.3 Å². The van der Waals surface area contributed by atoms with Gasteiger partial charge in [0.1, 0.15) is 12.3 Å². The molecule has 0 saturated carbocycles. The highest BCUT2D eigenvalue weighted by molar-refractivity contribution is 6.12. The van der Waals surface area contributed by atoms with Crippen LogP contribution >= 0.6 is 0 Å². The lowest BCUT2D eigenvalue weighted by molar-refractivity contribution is -0.274. The molecular formula is C17H13F3N2O3. The number of hydrogen-bond donors (Lipinski definition) is 0. The maximum atomic E-state index is 12.4. The highest BCUT2D eigenvalue weighted by Gasteiger charge is 2.36. The molecule has 1 saturated heterocycles. The van der Waals surface area contributed by atoms with E-state index in [9.17, 15) is 22.8 Å². The Hall–Kier alpha value is -3.03. The number of amides is 3. The van der Waals surface area contributed by atoms with Gasteiger partial charge in [0.2, 0.25) is 0 Å². The minimum Gasteiger partial charge on any atom is -0.406 e. The van der Waals surface area contributed by atoms with Crippen molar-refractivity contribution in [2.24, 2.45) is 0 Å². The van der Waals surface area contributed by atoms with Gasteiger partial charge < -0.3 is 4.74 Å². The zero-order valence-electron chi connectivity index (χ0n) is 12.9. The summed E-state index contributed by atoms with van der Waals surface area (Å²) < 4.78 is 40.2. The first-order valence-electron chi connectivity index (χ1n) is 7.35. The fraction of sp³-hybridized carbons (Fsp3) is 0.176. The van der Waals surface area contributed by atoms with Crippen molar-refractivity contribution in [3.8, 4) is 5.75 Å². The van der Waals surface area contributed by atoms with Gasteiger partial charge in [-0.05, 0) is 29.8 Å². The van der Waals surface area contributed by atoms with E-state index < -0.39 is 12.4 Å². The molecule has 5 nitrogen and oxygen atoms in total. The monoisotopic (exact) mass is 350 g/mol. The molecule has 0 atom stereocenters. The predicted molar refractivity (Wildman–Crippen MR) is 82.9 cm³/mol. The van der Waals surface area contributed by atoms with Crippen molar-refractivity contribution in [1.29, 1.82) is 0 Å². The number of rotatable bonds is 4. The Labute approximate surface area is 141 Å². The first-order chi connectivity index (χ1) is 11.8. The second kappa shape index (κ2) is 6.46. The summed E-state index contributed by atoms with van der Waals surface area (Å²) in [6.45, 7) is -0.0919. The van der Waals surface area contributed by atoms with Gasteiger partial charge in [0.25, 0.3) is 5.91 Å². The average Bonchev–Trinajstić information content (AvgIpc) is 2.84. The molecule has 0 aliphatic carbocycles. The normalized spacial score (nSPS) is 15.0. The lowest BCUT2D eigenvalue weighted by atomic mass is 10.2. The highest BCUT2D eigenvalue weighted by atomic mass is 19.4. The van der Waals surface area contributed by atoms with Crippen LogP contribution in [0.3, 0.4) is 0 Å². The fourth-order valence-corrected chi connectivity index (χ4v) is 2.49. The van der Waals surface area contributed by atoms with Crippen molar-refractivity contribution in [2.75, 3.05) is 11.4 Å². The van der Waals surface area contributed by atoms with Crippen LogP contribution in [0.4, 0.5) is 23.7 Å². The van der Waals surface area contributed by atoms with Crippen molar-refractivity contribution < 1.29 is 27.5 Å². The number of hydrogen-bond acceptors (Lipinski definition) is 3. The molecule has 0 spiro atoms. The van der Waals surface area contributed by atoms with Crippen LogP contribution in [0.15, 0.2) is 54.6 Å². The Balaban J connectivity index is 1.70. The molecule has 2 aromatic rings. The molecule has 1 aliphatic rings. The topological polar surface area (TPSA) is 49.9 Å². The summed E-state index contributed by atoms with van der Waals surface area (Å²) in [5.74, 6) is -0.731. The van der Waals surface area contributed by atoms with Gasteiger partial charge in [-0.25, -0.2) is 4.79 Å². The summed E-state index contributed by atoms with van der Waals surface area (Å²) in [6, 6.07) is 13.3. The van der Waals surface area contributed by atoms with Crippen LogP contribution < -0.4 is 9.64 Å². The van der Waals surface area contributed by atoms with Gasteiger partial charge in [0.05, 0.1) is 6.54 Å². The standard InChI is InChI=1S/C17H13F3N2O3/c18-17(19,20)25-14-8-6-12(7-9-14)10-22-15(23)11-21(16(22)24)13-4-2-1-3-5-13/h1-9H,10-11H2. The van der Waals surface area contributed by atoms with Crippen LogP contribution in [0.25, 0.3) is 0 Å². The molecule has 0 unspecified atom stereocenters. The zero-order chi connectivity index (χ0) is 18.0. The minimum atomic E-state index is -4.77. The predicted octanol–water partition coefficient (Wildman–Crippen LogP) is 3.55. The molecular weight excluding hydrogens is 337 g/mol. The summed E-state index contributed by atoms with van der Waals surface area (Å²) in [5.41, 5.74) is 1.13. The molecule has 0 bridgehead atoms. The molecule has 3 rings (SSSR count). The van der Waals surface area contributed by atoms with Gasteiger partial charge in [0.15, 0.2) is 0 Å².